The van der Waals surface area contributed by atoms with Crippen LogP contribution in [-0.4, -0.2) is 57.3 Å². The third-order valence-corrected chi connectivity index (χ3v) is 3.16. The summed E-state index contributed by atoms with van der Waals surface area (Å²) in [6, 6.07) is 0.00556. The van der Waals surface area contributed by atoms with Crippen LogP contribution in [0, 0.1) is 0 Å². The molecule has 7 nitrogen and oxygen atoms in total. The van der Waals surface area contributed by atoms with E-state index in [2.05, 4.69) is 9.97 Å². The van der Waals surface area contributed by atoms with Gasteiger partial charge in [-0.05, 0) is 27.7 Å². The lowest BCUT2D eigenvalue weighted by molar-refractivity contribution is 0.0158. The van der Waals surface area contributed by atoms with Crippen LogP contribution in [0.25, 0.3) is 0 Å². The van der Waals surface area contributed by atoms with Gasteiger partial charge in [0.1, 0.15) is 5.60 Å². The Labute approximate surface area is 124 Å². The van der Waals surface area contributed by atoms with Crippen molar-refractivity contribution in [1.82, 2.24) is 14.9 Å². The Bertz CT molecular complexity index is 498. The van der Waals surface area contributed by atoms with Crippen LogP contribution in [0.15, 0.2) is 12.4 Å². The predicted octanol–water partition coefficient (Wildman–Crippen LogP) is 1.63. The SMILES string of the molecule is C[C@@H]1CN(c2ncc(O)cn2)CCN1C(=O)OC(C)(C)C. The maximum Gasteiger partial charge on any atom is 0.410 e. The number of aromatic nitrogens is 2. The maximum atomic E-state index is 12.1. The van der Waals surface area contributed by atoms with Crippen molar-refractivity contribution in [2.45, 2.75) is 39.3 Å². The minimum absolute atomic E-state index is 0.00556. The van der Waals surface area contributed by atoms with Gasteiger partial charge in [0.2, 0.25) is 5.95 Å². The summed E-state index contributed by atoms with van der Waals surface area (Å²) in [5.74, 6) is 0.600. The molecule has 0 aliphatic carbocycles. The quantitative estimate of drug-likeness (QED) is 0.848. The minimum Gasteiger partial charge on any atom is -0.505 e. The predicted molar refractivity (Wildman–Crippen MR) is 78.3 cm³/mol. The summed E-state index contributed by atoms with van der Waals surface area (Å²) in [6.45, 7) is 9.36. The number of amides is 1. The number of nitrogens with zero attached hydrogens (tertiary/aromatic N) is 4. The first-order valence-corrected chi connectivity index (χ1v) is 7.02. The van der Waals surface area contributed by atoms with Crippen molar-refractivity contribution in [2.75, 3.05) is 24.5 Å². The Hall–Kier alpha value is -2.05. The van der Waals surface area contributed by atoms with E-state index in [1.165, 1.54) is 12.4 Å². The molecule has 0 spiro atoms. The molecular formula is C14H22N4O3. The van der Waals surface area contributed by atoms with Gasteiger partial charge in [0, 0.05) is 25.7 Å². The van der Waals surface area contributed by atoms with Crippen LogP contribution in [0.5, 0.6) is 5.75 Å². The van der Waals surface area contributed by atoms with Gasteiger partial charge >= 0.3 is 6.09 Å². The van der Waals surface area contributed by atoms with E-state index < -0.39 is 5.60 Å². The average molecular weight is 294 g/mol. The van der Waals surface area contributed by atoms with Gasteiger partial charge in [-0.25, -0.2) is 14.8 Å². The molecule has 1 N–H and O–H groups in total. The van der Waals surface area contributed by atoms with E-state index in [9.17, 15) is 9.90 Å². The van der Waals surface area contributed by atoms with Crippen LogP contribution in [0.2, 0.25) is 0 Å². The van der Waals surface area contributed by atoms with E-state index in [1.54, 1.807) is 4.90 Å². The molecule has 1 saturated heterocycles. The fourth-order valence-electron chi connectivity index (χ4n) is 2.21. The van der Waals surface area contributed by atoms with Gasteiger partial charge in [-0.15, -0.1) is 0 Å². The summed E-state index contributed by atoms with van der Waals surface area (Å²) in [7, 11) is 0. The third kappa shape index (κ3) is 3.96. The summed E-state index contributed by atoms with van der Waals surface area (Å²) >= 11 is 0. The second kappa shape index (κ2) is 5.75. The fourth-order valence-corrected chi connectivity index (χ4v) is 2.21. The number of hydrogen-bond acceptors (Lipinski definition) is 6. The van der Waals surface area contributed by atoms with Crippen LogP contribution < -0.4 is 4.90 Å². The summed E-state index contributed by atoms with van der Waals surface area (Å²) in [6.07, 6.45) is 2.45. The first kappa shape index (κ1) is 15.3. The number of hydrogen-bond donors (Lipinski definition) is 1. The summed E-state index contributed by atoms with van der Waals surface area (Å²) in [5, 5.41) is 9.22. The second-order valence-electron chi connectivity index (χ2n) is 6.21. The van der Waals surface area contributed by atoms with Crippen LogP contribution in [0.1, 0.15) is 27.7 Å². The summed E-state index contributed by atoms with van der Waals surface area (Å²) < 4.78 is 5.41. The van der Waals surface area contributed by atoms with Gasteiger partial charge in [0.25, 0.3) is 0 Å². The monoisotopic (exact) mass is 294 g/mol. The molecule has 21 heavy (non-hydrogen) atoms. The maximum absolute atomic E-state index is 12.1. The molecule has 1 aliphatic rings. The number of ether oxygens (including phenoxy) is 1. The molecular weight excluding hydrogens is 272 g/mol. The molecule has 2 heterocycles. The highest BCUT2D eigenvalue weighted by Gasteiger charge is 2.31. The van der Waals surface area contributed by atoms with E-state index in [1.807, 2.05) is 32.6 Å². The van der Waals surface area contributed by atoms with E-state index in [4.69, 9.17) is 4.74 Å². The van der Waals surface area contributed by atoms with E-state index in [0.29, 0.717) is 25.6 Å². The van der Waals surface area contributed by atoms with Crippen LogP contribution in [0.3, 0.4) is 0 Å². The zero-order chi connectivity index (χ0) is 15.6. The van der Waals surface area contributed by atoms with Gasteiger partial charge in [0.05, 0.1) is 12.4 Å². The minimum atomic E-state index is -0.492. The van der Waals surface area contributed by atoms with E-state index >= 15 is 0 Å². The second-order valence-corrected chi connectivity index (χ2v) is 6.21. The van der Waals surface area contributed by atoms with Gasteiger partial charge in [-0.2, -0.15) is 0 Å². The van der Waals surface area contributed by atoms with Crippen LogP contribution >= 0.6 is 0 Å². The topological polar surface area (TPSA) is 78.8 Å². The lowest BCUT2D eigenvalue weighted by Gasteiger charge is -2.40. The fraction of sp³-hybridized carbons (Fsp3) is 0.643. The molecule has 1 fully saturated rings. The molecule has 116 valence electrons. The van der Waals surface area contributed by atoms with Crippen molar-refractivity contribution >= 4 is 12.0 Å². The van der Waals surface area contributed by atoms with Crippen molar-refractivity contribution < 1.29 is 14.6 Å². The average Bonchev–Trinajstić information content (AvgIpc) is 2.37. The molecule has 1 aromatic heterocycles. The van der Waals surface area contributed by atoms with E-state index in [-0.39, 0.29) is 17.9 Å². The number of piperazine rings is 1. The Morgan fingerprint density at radius 2 is 1.95 bits per heavy atom. The molecule has 0 radical (unpaired) electrons. The van der Waals surface area contributed by atoms with Crippen molar-refractivity contribution in [2.24, 2.45) is 0 Å². The Morgan fingerprint density at radius 3 is 2.48 bits per heavy atom. The molecule has 1 aliphatic heterocycles. The molecule has 0 bridgehead atoms. The number of rotatable bonds is 1. The summed E-state index contributed by atoms with van der Waals surface area (Å²) in [4.78, 5) is 24.0. The zero-order valence-corrected chi connectivity index (χ0v) is 12.9. The standard InChI is InChI=1S/C14H22N4O3/c1-10-9-17(12-15-7-11(19)8-16-12)5-6-18(10)13(20)21-14(2,3)4/h7-8,10,19H,5-6,9H2,1-4H3/t10-/m1/s1. The van der Waals surface area contributed by atoms with Crippen LogP contribution in [-0.2, 0) is 4.74 Å². The molecule has 1 amide bonds. The highest BCUT2D eigenvalue weighted by molar-refractivity contribution is 5.69. The molecule has 1 atom stereocenters. The number of carbonyl (C=O) groups is 1. The number of anilines is 1. The first-order valence-electron chi connectivity index (χ1n) is 7.02. The highest BCUT2D eigenvalue weighted by Crippen LogP contribution is 2.18. The third-order valence-electron chi connectivity index (χ3n) is 3.16. The van der Waals surface area contributed by atoms with E-state index in [0.717, 1.165) is 0 Å². The number of carbonyl (C=O) groups excluding carboxylic acids is 1. The van der Waals surface area contributed by atoms with Gasteiger partial charge in [0.15, 0.2) is 5.75 Å². The number of aromatic hydroxyl groups is 1. The smallest absolute Gasteiger partial charge is 0.410 e. The normalized spacial score (nSPS) is 19.5. The van der Waals surface area contributed by atoms with Crippen molar-refractivity contribution in [3.8, 4) is 5.75 Å². The lowest BCUT2D eigenvalue weighted by Crippen LogP contribution is -2.55. The van der Waals surface area contributed by atoms with Crippen molar-refractivity contribution in [1.29, 1.82) is 0 Å². The lowest BCUT2D eigenvalue weighted by atomic mass is 10.2. The zero-order valence-electron chi connectivity index (χ0n) is 12.9. The van der Waals surface area contributed by atoms with Crippen LogP contribution in [0.4, 0.5) is 10.7 Å². The Kier molecular flexibility index (Phi) is 4.20. The van der Waals surface area contributed by atoms with Gasteiger partial charge in [-0.3, -0.25) is 0 Å². The molecule has 1 aromatic rings. The Morgan fingerprint density at radius 1 is 1.33 bits per heavy atom. The highest BCUT2D eigenvalue weighted by atomic mass is 16.6. The summed E-state index contributed by atoms with van der Waals surface area (Å²) in [5.41, 5.74) is -0.492. The molecule has 7 heteroatoms. The van der Waals surface area contributed by atoms with Gasteiger partial charge < -0.3 is 19.6 Å². The van der Waals surface area contributed by atoms with Crippen molar-refractivity contribution in [3.05, 3.63) is 12.4 Å². The largest absolute Gasteiger partial charge is 0.505 e. The molecule has 0 unspecified atom stereocenters. The van der Waals surface area contributed by atoms with Crippen molar-refractivity contribution in [3.63, 3.8) is 0 Å². The molecule has 0 saturated carbocycles. The first-order chi connectivity index (χ1) is 9.76. The van der Waals surface area contributed by atoms with Gasteiger partial charge in [-0.1, -0.05) is 0 Å². The molecule has 2 rings (SSSR count). The molecule has 0 aromatic carbocycles. The Balaban J connectivity index is 1.99.